The number of rotatable bonds is 7. The van der Waals surface area contributed by atoms with Crippen molar-refractivity contribution in [2.24, 2.45) is 0 Å². The number of benzene rings is 1. The Balaban J connectivity index is 1.19. The lowest BCUT2D eigenvalue weighted by atomic mass is 9.81. The number of aryl methyl sites for hydroxylation is 1. The number of nitrogens with zero attached hydrogens (tertiary/aromatic N) is 3. The van der Waals surface area contributed by atoms with Gasteiger partial charge in [-0.3, -0.25) is 9.69 Å². The number of sulfonamides is 1. The lowest BCUT2D eigenvalue weighted by Crippen LogP contribution is -2.62. The Labute approximate surface area is 224 Å². The number of nitrogens with one attached hydrogen (secondary N) is 1. The number of carbonyl (C=O) groups excluding carboxylic acids is 1. The standard InChI is InChI=1S/C27H38N4O4S2/c1-21-6-5-7-24(20-21)37(33,34)29-27(12-3-2-4-13-27)25(32)31-15-8-22(9-16-31)30-17-10-23(11-18-30)35-26-28-14-19-36-26/h5-7,14,19-20,22-23,29H,2-4,8-13,15-18H2,1H3. The maximum absolute atomic E-state index is 13.9. The Morgan fingerprint density at radius 3 is 2.46 bits per heavy atom. The summed E-state index contributed by atoms with van der Waals surface area (Å²) in [5.41, 5.74) is -0.160. The van der Waals surface area contributed by atoms with Crippen molar-refractivity contribution >= 4 is 27.3 Å². The van der Waals surface area contributed by atoms with Crippen molar-refractivity contribution in [3.8, 4) is 5.19 Å². The van der Waals surface area contributed by atoms with E-state index in [9.17, 15) is 13.2 Å². The van der Waals surface area contributed by atoms with Gasteiger partial charge in [0.05, 0.1) is 4.90 Å². The maximum atomic E-state index is 13.9. The van der Waals surface area contributed by atoms with E-state index in [0.717, 1.165) is 68.8 Å². The molecule has 2 aliphatic heterocycles. The summed E-state index contributed by atoms with van der Waals surface area (Å²) in [7, 11) is -3.80. The van der Waals surface area contributed by atoms with Gasteiger partial charge in [0.1, 0.15) is 11.6 Å². The highest BCUT2D eigenvalue weighted by atomic mass is 32.2. The fraction of sp³-hybridized carbons (Fsp3) is 0.630. The number of carbonyl (C=O) groups is 1. The predicted molar refractivity (Wildman–Crippen MR) is 144 cm³/mol. The van der Waals surface area contributed by atoms with Crippen molar-refractivity contribution in [2.45, 2.75) is 87.3 Å². The highest BCUT2D eigenvalue weighted by Gasteiger charge is 2.46. The van der Waals surface area contributed by atoms with E-state index in [2.05, 4.69) is 14.6 Å². The first-order chi connectivity index (χ1) is 17.8. The summed E-state index contributed by atoms with van der Waals surface area (Å²) < 4.78 is 35.6. The zero-order valence-electron chi connectivity index (χ0n) is 21.6. The summed E-state index contributed by atoms with van der Waals surface area (Å²) in [4.78, 5) is 22.8. The van der Waals surface area contributed by atoms with Gasteiger partial charge < -0.3 is 9.64 Å². The molecule has 0 spiro atoms. The third-order valence-corrected chi connectivity index (χ3v) is 10.4. The zero-order chi connectivity index (χ0) is 25.9. The van der Waals surface area contributed by atoms with Crippen LogP contribution in [0.25, 0.3) is 0 Å². The van der Waals surface area contributed by atoms with Crippen LogP contribution in [0.5, 0.6) is 5.19 Å². The van der Waals surface area contributed by atoms with E-state index in [-0.39, 0.29) is 16.9 Å². The first-order valence-electron chi connectivity index (χ1n) is 13.5. The first kappa shape index (κ1) is 26.6. The summed E-state index contributed by atoms with van der Waals surface area (Å²) in [6.07, 6.45) is 9.68. The van der Waals surface area contributed by atoms with Crippen molar-refractivity contribution in [1.29, 1.82) is 0 Å². The minimum absolute atomic E-state index is 0.0440. The monoisotopic (exact) mass is 546 g/mol. The van der Waals surface area contributed by atoms with Gasteiger partial charge >= 0.3 is 0 Å². The molecule has 2 aromatic rings. The highest BCUT2D eigenvalue weighted by Crippen LogP contribution is 2.33. The number of aromatic nitrogens is 1. The third-order valence-electron chi connectivity index (χ3n) is 8.17. The maximum Gasteiger partial charge on any atom is 0.273 e. The van der Waals surface area contributed by atoms with Crippen molar-refractivity contribution in [3.05, 3.63) is 41.4 Å². The molecule has 1 N–H and O–H groups in total. The molecule has 0 unspecified atom stereocenters. The van der Waals surface area contributed by atoms with Crippen LogP contribution in [0.4, 0.5) is 0 Å². The Kier molecular flexibility index (Phi) is 8.19. The molecule has 10 heteroatoms. The second-order valence-electron chi connectivity index (χ2n) is 10.7. The predicted octanol–water partition coefficient (Wildman–Crippen LogP) is 3.97. The third kappa shape index (κ3) is 6.19. The van der Waals surface area contributed by atoms with Crippen LogP contribution in [-0.4, -0.2) is 73.0 Å². The van der Waals surface area contributed by atoms with E-state index in [4.69, 9.17) is 4.74 Å². The minimum Gasteiger partial charge on any atom is -0.467 e. The Bertz CT molecular complexity index is 1150. The first-order valence-corrected chi connectivity index (χ1v) is 15.9. The number of hydrogen-bond acceptors (Lipinski definition) is 7. The summed E-state index contributed by atoms with van der Waals surface area (Å²) in [6.45, 7) is 5.21. The van der Waals surface area contributed by atoms with Crippen molar-refractivity contribution in [1.82, 2.24) is 19.5 Å². The van der Waals surface area contributed by atoms with E-state index < -0.39 is 15.6 Å². The van der Waals surface area contributed by atoms with Crippen LogP contribution < -0.4 is 9.46 Å². The molecule has 1 aromatic heterocycles. The Morgan fingerprint density at radius 1 is 1.08 bits per heavy atom. The average Bonchev–Trinajstić information content (AvgIpc) is 3.42. The fourth-order valence-corrected chi connectivity index (χ4v) is 8.19. The van der Waals surface area contributed by atoms with Crippen LogP contribution in [0.3, 0.4) is 0 Å². The second kappa shape index (κ2) is 11.4. The van der Waals surface area contributed by atoms with E-state index in [1.807, 2.05) is 23.3 Å². The molecule has 37 heavy (non-hydrogen) atoms. The van der Waals surface area contributed by atoms with E-state index >= 15 is 0 Å². The normalized spacial score (nSPS) is 22.1. The molecule has 0 bridgehead atoms. The number of amides is 1. The topological polar surface area (TPSA) is 91.8 Å². The van der Waals surface area contributed by atoms with Gasteiger partial charge in [0.15, 0.2) is 0 Å². The smallest absolute Gasteiger partial charge is 0.273 e. The Morgan fingerprint density at radius 2 is 1.81 bits per heavy atom. The van der Waals surface area contributed by atoms with Crippen LogP contribution in [0.1, 0.15) is 63.4 Å². The highest BCUT2D eigenvalue weighted by molar-refractivity contribution is 7.89. The van der Waals surface area contributed by atoms with Crippen LogP contribution in [0, 0.1) is 6.92 Å². The van der Waals surface area contributed by atoms with Gasteiger partial charge in [0.25, 0.3) is 5.19 Å². The van der Waals surface area contributed by atoms with Gasteiger partial charge in [-0.25, -0.2) is 13.4 Å². The summed E-state index contributed by atoms with van der Waals surface area (Å²) in [5, 5.41) is 2.68. The van der Waals surface area contributed by atoms with Crippen LogP contribution in [0.2, 0.25) is 0 Å². The molecule has 1 aliphatic carbocycles. The van der Waals surface area contributed by atoms with Gasteiger partial charge in [0, 0.05) is 43.8 Å². The molecule has 8 nitrogen and oxygen atoms in total. The van der Waals surface area contributed by atoms with Gasteiger partial charge in [-0.05, 0) is 63.1 Å². The Hall–Kier alpha value is -2.01. The van der Waals surface area contributed by atoms with Gasteiger partial charge in [-0.2, -0.15) is 4.72 Å². The largest absolute Gasteiger partial charge is 0.467 e. The molecule has 3 aliphatic rings. The van der Waals surface area contributed by atoms with Crippen LogP contribution >= 0.6 is 11.3 Å². The number of hydrogen-bond donors (Lipinski definition) is 1. The van der Waals surface area contributed by atoms with Crippen molar-refractivity contribution in [3.63, 3.8) is 0 Å². The fourth-order valence-electron chi connectivity index (χ4n) is 6.12. The molecule has 0 atom stereocenters. The molecule has 1 saturated carbocycles. The molecule has 1 aromatic carbocycles. The van der Waals surface area contributed by atoms with Gasteiger partial charge in [-0.1, -0.05) is 42.7 Å². The van der Waals surface area contributed by atoms with Gasteiger partial charge in [-0.15, -0.1) is 0 Å². The molecule has 5 rings (SSSR count). The summed E-state index contributed by atoms with van der Waals surface area (Å²) in [5.74, 6) is -0.0440. The molecular weight excluding hydrogens is 508 g/mol. The molecule has 1 amide bonds. The molecule has 0 radical (unpaired) electrons. The molecule has 202 valence electrons. The number of likely N-dealkylation sites (tertiary alicyclic amines) is 2. The van der Waals surface area contributed by atoms with Crippen molar-refractivity contribution < 1.29 is 17.9 Å². The lowest BCUT2D eigenvalue weighted by molar-refractivity contribution is -0.140. The molecular formula is C27H38N4O4S2. The van der Waals surface area contributed by atoms with Crippen molar-refractivity contribution in [2.75, 3.05) is 26.2 Å². The number of piperidine rings is 2. The van der Waals surface area contributed by atoms with E-state index in [1.165, 1.54) is 11.3 Å². The lowest BCUT2D eigenvalue weighted by Gasteiger charge is -2.45. The second-order valence-corrected chi connectivity index (χ2v) is 13.3. The summed E-state index contributed by atoms with van der Waals surface area (Å²) >= 11 is 1.53. The summed E-state index contributed by atoms with van der Waals surface area (Å²) in [6, 6.07) is 7.35. The zero-order valence-corrected chi connectivity index (χ0v) is 23.2. The number of thiazole rings is 1. The average molecular weight is 547 g/mol. The molecule has 3 fully saturated rings. The SMILES string of the molecule is Cc1cccc(S(=O)(=O)NC2(C(=O)N3CCC(N4CCC(Oc5nccs5)CC4)CC3)CCCCC2)c1. The quantitative estimate of drug-likeness (QED) is 0.565. The van der Waals surface area contributed by atoms with E-state index in [0.29, 0.717) is 32.0 Å². The van der Waals surface area contributed by atoms with Gasteiger partial charge in [0.2, 0.25) is 15.9 Å². The van der Waals surface area contributed by atoms with Crippen LogP contribution in [0.15, 0.2) is 40.7 Å². The minimum atomic E-state index is -3.80. The van der Waals surface area contributed by atoms with Crippen LogP contribution in [-0.2, 0) is 14.8 Å². The molecule has 3 heterocycles. The molecule has 2 saturated heterocycles. The van der Waals surface area contributed by atoms with E-state index in [1.54, 1.807) is 24.4 Å². The number of ether oxygens (including phenoxy) is 1.